The number of anilines is 1. The van der Waals surface area contributed by atoms with Crippen LogP contribution < -0.4 is 5.32 Å². The van der Waals surface area contributed by atoms with E-state index in [1.165, 1.54) is 5.56 Å². The number of aliphatic hydroxyl groups excluding tert-OH is 1. The Morgan fingerprint density at radius 1 is 1.00 bits per heavy atom. The molecule has 1 aliphatic heterocycles. The molecular weight excluding hydrogens is 462 g/mol. The van der Waals surface area contributed by atoms with E-state index in [4.69, 9.17) is 11.7 Å². The summed E-state index contributed by atoms with van der Waals surface area (Å²) in [4.78, 5) is 25.3. The normalized spacial score (nSPS) is 14.1. The van der Waals surface area contributed by atoms with Gasteiger partial charge in [0.05, 0.1) is 12.1 Å². The Morgan fingerprint density at radius 2 is 1.81 bits per heavy atom. The summed E-state index contributed by atoms with van der Waals surface area (Å²) >= 11 is 0. The molecule has 3 aromatic carbocycles. The summed E-state index contributed by atoms with van der Waals surface area (Å²) in [6.07, 6.45) is 3.42. The molecule has 37 heavy (non-hydrogen) atoms. The Bertz CT molecular complexity index is 1450. The summed E-state index contributed by atoms with van der Waals surface area (Å²) in [5, 5.41) is 15.7. The number of carbonyl (C=O) groups is 1. The summed E-state index contributed by atoms with van der Waals surface area (Å²) in [5.74, 6) is 0.0861. The van der Waals surface area contributed by atoms with Gasteiger partial charge >= 0.3 is 0 Å². The van der Waals surface area contributed by atoms with Gasteiger partial charge in [-0.25, -0.2) is 4.85 Å². The third kappa shape index (κ3) is 5.72. The Morgan fingerprint density at radius 3 is 2.62 bits per heavy atom. The van der Waals surface area contributed by atoms with E-state index in [1.54, 1.807) is 12.3 Å². The molecule has 188 valence electrons. The van der Waals surface area contributed by atoms with Gasteiger partial charge in [0.2, 0.25) is 0 Å². The first kappa shape index (κ1) is 24.7. The lowest BCUT2D eigenvalue weighted by Crippen LogP contribution is -2.48. The molecule has 2 N–H and O–H groups in total. The number of carbonyl (C=O) groups excluding carboxylic acids is 1. The van der Waals surface area contributed by atoms with Crippen molar-refractivity contribution in [3.63, 3.8) is 0 Å². The molecule has 0 radical (unpaired) electrons. The second-order valence-electron chi connectivity index (χ2n) is 9.46. The van der Waals surface area contributed by atoms with Gasteiger partial charge in [-0.3, -0.25) is 14.7 Å². The van der Waals surface area contributed by atoms with Crippen LogP contribution in [0.1, 0.15) is 22.3 Å². The SMILES string of the molecule is [C-]#[N+]c1ccc2nccc(NCCc3ccc4cc(C(=O)N5CCN(CCCO)CC5)ccc4c3)c2c1. The van der Waals surface area contributed by atoms with Crippen LogP contribution >= 0.6 is 0 Å². The number of piperazine rings is 1. The first-order valence-corrected chi connectivity index (χ1v) is 12.8. The molecule has 4 aromatic rings. The number of rotatable bonds is 8. The summed E-state index contributed by atoms with van der Waals surface area (Å²) in [6.45, 7) is 12.3. The second kappa shape index (κ2) is 11.4. The van der Waals surface area contributed by atoms with Gasteiger partial charge in [-0.2, -0.15) is 0 Å². The predicted molar refractivity (Wildman–Crippen MR) is 148 cm³/mol. The lowest BCUT2D eigenvalue weighted by Gasteiger charge is -2.34. The fraction of sp³-hybridized carbons (Fsp3) is 0.300. The number of amides is 1. The average Bonchev–Trinajstić information content (AvgIpc) is 2.95. The highest BCUT2D eigenvalue weighted by atomic mass is 16.3. The third-order valence-corrected chi connectivity index (χ3v) is 7.03. The fourth-order valence-corrected chi connectivity index (χ4v) is 4.93. The maximum absolute atomic E-state index is 13.1. The summed E-state index contributed by atoms with van der Waals surface area (Å²) < 4.78 is 0. The van der Waals surface area contributed by atoms with Crippen LogP contribution in [0, 0.1) is 6.57 Å². The molecule has 1 saturated heterocycles. The molecular formula is C30H31N5O2. The van der Waals surface area contributed by atoms with Crippen LogP contribution in [-0.2, 0) is 6.42 Å². The van der Waals surface area contributed by atoms with E-state index < -0.39 is 0 Å². The van der Waals surface area contributed by atoms with Crippen molar-refractivity contribution >= 4 is 39.0 Å². The molecule has 1 aliphatic rings. The first-order chi connectivity index (χ1) is 18.1. The number of fused-ring (bicyclic) bond motifs is 2. The number of nitrogens with zero attached hydrogens (tertiary/aromatic N) is 4. The van der Waals surface area contributed by atoms with Crippen molar-refractivity contribution in [1.29, 1.82) is 0 Å². The quantitative estimate of drug-likeness (QED) is 0.347. The number of hydrogen-bond acceptors (Lipinski definition) is 5. The molecule has 0 unspecified atom stereocenters. The molecule has 0 saturated carbocycles. The zero-order chi connectivity index (χ0) is 25.6. The van der Waals surface area contributed by atoms with Crippen LogP contribution in [0.2, 0.25) is 0 Å². The topological polar surface area (TPSA) is 73.1 Å². The number of aliphatic hydroxyl groups is 1. The number of hydrogen-bond donors (Lipinski definition) is 2. The monoisotopic (exact) mass is 493 g/mol. The standard InChI is InChI=1S/C30H31N5O2/c1-31-26-7-8-28-27(21-26)29(10-12-33-28)32-11-9-22-3-4-24-20-25(6-5-23(24)19-22)30(37)35-16-14-34(15-17-35)13-2-18-36/h3-8,10,12,19-21,36H,2,9,11,13-18H2,(H,32,33). The molecule has 7 nitrogen and oxygen atoms in total. The summed E-state index contributed by atoms with van der Waals surface area (Å²) in [5.41, 5.74) is 4.41. The van der Waals surface area contributed by atoms with Gasteiger partial charge in [0, 0.05) is 68.7 Å². The molecule has 0 aliphatic carbocycles. The third-order valence-electron chi connectivity index (χ3n) is 7.03. The number of nitrogens with one attached hydrogen (secondary N) is 1. The number of aromatic nitrogens is 1. The Kier molecular flexibility index (Phi) is 7.59. The van der Waals surface area contributed by atoms with E-state index in [9.17, 15) is 4.79 Å². The van der Waals surface area contributed by atoms with E-state index >= 15 is 0 Å². The molecule has 1 aromatic heterocycles. The Balaban J connectivity index is 1.21. The second-order valence-corrected chi connectivity index (χ2v) is 9.46. The van der Waals surface area contributed by atoms with Gasteiger partial charge in [-0.05, 0) is 59.5 Å². The Labute approximate surface area is 217 Å². The van der Waals surface area contributed by atoms with Gasteiger partial charge in [0.25, 0.3) is 5.91 Å². The van der Waals surface area contributed by atoms with E-state index in [1.807, 2.05) is 41.3 Å². The fourth-order valence-electron chi connectivity index (χ4n) is 4.93. The van der Waals surface area contributed by atoms with Crippen LogP contribution in [-0.4, -0.2) is 71.7 Å². The van der Waals surface area contributed by atoms with Crippen molar-refractivity contribution in [1.82, 2.24) is 14.8 Å². The van der Waals surface area contributed by atoms with Crippen LogP contribution in [0.25, 0.3) is 26.5 Å². The molecule has 1 amide bonds. The zero-order valence-electron chi connectivity index (χ0n) is 20.9. The van der Waals surface area contributed by atoms with E-state index in [2.05, 4.69) is 38.2 Å². The average molecular weight is 494 g/mol. The van der Waals surface area contributed by atoms with Crippen LogP contribution in [0.3, 0.4) is 0 Å². The zero-order valence-corrected chi connectivity index (χ0v) is 20.9. The predicted octanol–water partition coefficient (Wildman–Crippen LogP) is 4.73. The van der Waals surface area contributed by atoms with Crippen LogP contribution in [0.15, 0.2) is 66.9 Å². The van der Waals surface area contributed by atoms with E-state index in [0.717, 1.165) is 85.0 Å². The molecule has 7 heteroatoms. The van der Waals surface area contributed by atoms with Gasteiger partial charge < -0.3 is 15.3 Å². The van der Waals surface area contributed by atoms with Crippen molar-refractivity contribution in [2.24, 2.45) is 0 Å². The van der Waals surface area contributed by atoms with Crippen molar-refractivity contribution in [2.75, 3.05) is 51.2 Å². The highest BCUT2D eigenvalue weighted by Crippen LogP contribution is 2.26. The van der Waals surface area contributed by atoms with Crippen LogP contribution in [0.4, 0.5) is 11.4 Å². The number of pyridine rings is 1. The maximum atomic E-state index is 13.1. The molecule has 1 fully saturated rings. The molecule has 2 heterocycles. The molecule has 5 rings (SSSR count). The molecule has 0 atom stereocenters. The summed E-state index contributed by atoms with van der Waals surface area (Å²) in [7, 11) is 0. The Hall–Kier alpha value is -3.99. The van der Waals surface area contributed by atoms with Crippen molar-refractivity contribution in [2.45, 2.75) is 12.8 Å². The highest BCUT2D eigenvalue weighted by Gasteiger charge is 2.22. The lowest BCUT2D eigenvalue weighted by atomic mass is 10.0. The van der Waals surface area contributed by atoms with Gasteiger partial charge in [-0.1, -0.05) is 30.3 Å². The van der Waals surface area contributed by atoms with E-state index in [-0.39, 0.29) is 12.5 Å². The minimum atomic E-state index is 0.0861. The van der Waals surface area contributed by atoms with Gasteiger partial charge in [0.15, 0.2) is 5.69 Å². The number of benzene rings is 3. The maximum Gasteiger partial charge on any atom is 0.253 e. The first-order valence-electron chi connectivity index (χ1n) is 12.8. The van der Waals surface area contributed by atoms with Crippen molar-refractivity contribution in [3.05, 3.63) is 89.4 Å². The summed E-state index contributed by atoms with van der Waals surface area (Å²) in [6, 6.07) is 19.9. The van der Waals surface area contributed by atoms with Crippen molar-refractivity contribution in [3.8, 4) is 0 Å². The minimum Gasteiger partial charge on any atom is -0.396 e. The van der Waals surface area contributed by atoms with Gasteiger partial charge in [-0.15, -0.1) is 0 Å². The van der Waals surface area contributed by atoms with Crippen molar-refractivity contribution < 1.29 is 9.90 Å². The minimum absolute atomic E-state index is 0.0861. The smallest absolute Gasteiger partial charge is 0.253 e. The largest absolute Gasteiger partial charge is 0.396 e. The highest BCUT2D eigenvalue weighted by molar-refractivity contribution is 5.99. The lowest BCUT2D eigenvalue weighted by molar-refractivity contribution is 0.0629. The van der Waals surface area contributed by atoms with Gasteiger partial charge in [0.1, 0.15) is 0 Å². The van der Waals surface area contributed by atoms with E-state index in [0.29, 0.717) is 5.69 Å². The molecule has 0 spiro atoms. The van der Waals surface area contributed by atoms with Crippen LogP contribution in [0.5, 0.6) is 0 Å². The molecule has 0 bridgehead atoms.